The fourth-order valence-electron chi connectivity index (χ4n) is 3.83. The van der Waals surface area contributed by atoms with E-state index in [9.17, 15) is 4.79 Å². The van der Waals surface area contributed by atoms with Crippen LogP contribution >= 0.6 is 27.5 Å². The lowest BCUT2D eigenvalue weighted by atomic mass is 10.0. The third kappa shape index (κ3) is 6.05. The van der Waals surface area contributed by atoms with Crippen LogP contribution in [0, 0.1) is 0 Å². The second kappa shape index (κ2) is 11.4. The molecule has 0 aliphatic rings. The van der Waals surface area contributed by atoms with Crippen LogP contribution in [0.5, 0.6) is 5.75 Å². The quantitative estimate of drug-likeness (QED) is 0.161. The molecule has 0 aliphatic carbocycles. The van der Waals surface area contributed by atoms with Gasteiger partial charge < -0.3 is 4.74 Å². The number of para-hydroxylation sites is 1. The monoisotopic (exact) mass is 569 g/mol. The second-order valence-electron chi connectivity index (χ2n) is 8.23. The van der Waals surface area contributed by atoms with E-state index in [1.54, 1.807) is 12.3 Å². The van der Waals surface area contributed by atoms with Crippen LogP contribution in [-0.4, -0.2) is 17.1 Å². The Bertz CT molecular complexity index is 1590. The van der Waals surface area contributed by atoms with E-state index in [0.717, 1.165) is 32.2 Å². The summed E-state index contributed by atoms with van der Waals surface area (Å²) in [5, 5.41) is 5.66. The molecule has 1 N–H and O–H groups in total. The summed E-state index contributed by atoms with van der Waals surface area (Å²) in [6.45, 7) is 0.372. The number of carbonyl (C=O) groups is 1. The van der Waals surface area contributed by atoms with Crippen molar-refractivity contribution in [3.8, 4) is 17.0 Å². The van der Waals surface area contributed by atoms with E-state index in [0.29, 0.717) is 28.5 Å². The number of rotatable bonds is 7. The van der Waals surface area contributed by atoms with E-state index in [1.807, 2.05) is 97.1 Å². The van der Waals surface area contributed by atoms with Crippen LogP contribution in [0.2, 0.25) is 5.02 Å². The Hall–Kier alpha value is -4.00. The Morgan fingerprint density at radius 2 is 1.70 bits per heavy atom. The highest BCUT2D eigenvalue weighted by atomic mass is 79.9. The molecule has 37 heavy (non-hydrogen) atoms. The number of hydrogen-bond donors (Lipinski definition) is 1. The number of fused-ring (bicyclic) bond motifs is 1. The molecule has 0 fully saturated rings. The molecule has 0 saturated heterocycles. The summed E-state index contributed by atoms with van der Waals surface area (Å²) in [5.41, 5.74) is 7.25. The molecule has 1 aromatic heterocycles. The molecule has 0 radical (unpaired) electrons. The lowest BCUT2D eigenvalue weighted by Crippen LogP contribution is -2.18. The van der Waals surface area contributed by atoms with E-state index in [1.165, 1.54) is 0 Å². The third-order valence-electron chi connectivity index (χ3n) is 5.68. The topological polar surface area (TPSA) is 63.6 Å². The highest BCUT2D eigenvalue weighted by molar-refractivity contribution is 9.10. The van der Waals surface area contributed by atoms with Crippen LogP contribution in [0.3, 0.4) is 0 Å². The zero-order valence-electron chi connectivity index (χ0n) is 19.6. The van der Waals surface area contributed by atoms with Crippen molar-refractivity contribution in [1.82, 2.24) is 10.4 Å². The van der Waals surface area contributed by atoms with Crippen molar-refractivity contribution in [3.63, 3.8) is 0 Å². The molecular weight excluding hydrogens is 550 g/mol. The van der Waals surface area contributed by atoms with Crippen LogP contribution in [0.4, 0.5) is 0 Å². The molecule has 1 amide bonds. The van der Waals surface area contributed by atoms with E-state index in [-0.39, 0.29) is 5.91 Å². The van der Waals surface area contributed by atoms with E-state index >= 15 is 0 Å². The minimum Gasteiger partial charge on any atom is -0.488 e. The molecule has 0 bridgehead atoms. The van der Waals surface area contributed by atoms with Gasteiger partial charge in [-0.1, -0.05) is 88.2 Å². The van der Waals surface area contributed by atoms with Crippen molar-refractivity contribution >= 4 is 50.6 Å². The maximum absolute atomic E-state index is 13.2. The van der Waals surface area contributed by atoms with Crippen molar-refractivity contribution in [1.29, 1.82) is 0 Å². The van der Waals surface area contributed by atoms with Crippen LogP contribution < -0.4 is 10.2 Å². The lowest BCUT2D eigenvalue weighted by molar-refractivity contribution is 0.0956. The standard InChI is InChI=1S/C30H21BrClN3O2/c31-23-12-15-29(37-19-20-10-13-24(32)14-11-20)22(16-23)18-33-35-30(36)26-17-28(21-6-2-1-3-7-21)34-27-9-5-4-8-25(26)27/h1-18H,19H2,(H,35,36)/b33-18+. The normalized spacial score (nSPS) is 11.1. The number of hydrazone groups is 1. The smallest absolute Gasteiger partial charge is 0.272 e. The molecule has 0 aliphatic heterocycles. The van der Waals surface area contributed by atoms with Crippen molar-refractivity contribution in [2.24, 2.45) is 5.10 Å². The predicted octanol–water partition coefficient (Wildman–Crippen LogP) is 7.66. The molecule has 5 rings (SSSR count). The van der Waals surface area contributed by atoms with Crippen molar-refractivity contribution < 1.29 is 9.53 Å². The third-order valence-corrected chi connectivity index (χ3v) is 6.42. The van der Waals surface area contributed by atoms with Gasteiger partial charge >= 0.3 is 0 Å². The largest absolute Gasteiger partial charge is 0.488 e. The summed E-state index contributed by atoms with van der Waals surface area (Å²) in [7, 11) is 0. The average molecular weight is 571 g/mol. The molecule has 0 saturated carbocycles. The number of pyridine rings is 1. The maximum Gasteiger partial charge on any atom is 0.272 e. The number of benzene rings is 4. The Morgan fingerprint density at radius 1 is 0.946 bits per heavy atom. The first-order valence-corrected chi connectivity index (χ1v) is 12.7. The molecule has 182 valence electrons. The summed E-state index contributed by atoms with van der Waals surface area (Å²) < 4.78 is 6.87. The van der Waals surface area contributed by atoms with Gasteiger partial charge in [0.2, 0.25) is 0 Å². The van der Waals surface area contributed by atoms with Crippen LogP contribution in [0.15, 0.2) is 113 Å². The Labute approximate surface area is 227 Å². The molecule has 0 spiro atoms. The maximum atomic E-state index is 13.2. The number of hydrogen-bond acceptors (Lipinski definition) is 4. The van der Waals surface area contributed by atoms with Gasteiger partial charge in [-0.25, -0.2) is 10.4 Å². The van der Waals surface area contributed by atoms with Gasteiger partial charge in [-0.3, -0.25) is 4.79 Å². The number of carbonyl (C=O) groups excluding carboxylic acids is 1. The molecule has 7 heteroatoms. The fourth-order valence-corrected chi connectivity index (χ4v) is 4.34. The molecular formula is C30H21BrClN3O2. The zero-order valence-corrected chi connectivity index (χ0v) is 21.9. The molecule has 4 aromatic carbocycles. The summed E-state index contributed by atoms with van der Waals surface area (Å²) in [6.07, 6.45) is 1.57. The summed E-state index contributed by atoms with van der Waals surface area (Å²) in [6, 6.07) is 32.2. The number of aromatic nitrogens is 1. The van der Waals surface area contributed by atoms with Crippen LogP contribution in [0.1, 0.15) is 21.5 Å². The van der Waals surface area contributed by atoms with Gasteiger partial charge in [-0.05, 0) is 48.0 Å². The molecule has 1 heterocycles. The molecule has 5 nitrogen and oxygen atoms in total. The van der Waals surface area contributed by atoms with Gasteiger partial charge in [0, 0.05) is 26.0 Å². The summed E-state index contributed by atoms with van der Waals surface area (Å²) in [5.74, 6) is 0.308. The highest BCUT2D eigenvalue weighted by Gasteiger charge is 2.13. The van der Waals surface area contributed by atoms with Crippen molar-refractivity contribution in [2.45, 2.75) is 6.61 Å². The van der Waals surface area contributed by atoms with E-state index in [4.69, 9.17) is 21.3 Å². The number of amides is 1. The minimum absolute atomic E-state index is 0.328. The molecule has 5 aromatic rings. The lowest BCUT2D eigenvalue weighted by Gasteiger charge is -2.10. The molecule has 0 atom stereocenters. The van der Waals surface area contributed by atoms with Crippen molar-refractivity contribution in [2.75, 3.05) is 0 Å². The van der Waals surface area contributed by atoms with Crippen LogP contribution in [0.25, 0.3) is 22.2 Å². The predicted molar refractivity (Wildman–Crippen MR) is 152 cm³/mol. The number of halogens is 2. The summed E-state index contributed by atoms with van der Waals surface area (Å²) >= 11 is 9.46. The fraction of sp³-hybridized carbons (Fsp3) is 0.0333. The van der Waals surface area contributed by atoms with Gasteiger partial charge in [0.15, 0.2) is 0 Å². The van der Waals surface area contributed by atoms with E-state index in [2.05, 4.69) is 26.5 Å². The van der Waals surface area contributed by atoms with Crippen molar-refractivity contribution in [3.05, 3.63) is 129 Å². The Kier molecular flexibility index (Phi) is 7.59. The van der Waals surface area contributed by atoms with Gasteiger partial charge in [0.05, 0.1) is 23.0 Å². The second-order valence-corrected chi connectivity index (χ2v) is 9.59. The minimum atomic E-state index is -0.328. The first kappa shape index (κ1) is 24.7. The number of ether oxygens (including phenoxy) is 1. The van der Waals surface area contributed by atoms with Gasteiger partial charge in [0.25, 0.3) is 5.91 Å². The SMILES string of the molecule is O=C(N/N=C/c1cc(Br)ccc1OCc1ccc(Cl)cc1)c1cc(-c2ccccc2)nc2ccccc12. The highest BCUT2D eigenvalue weighted by Crippen LogP contribution is 2.25. The van der Waals surface area contributed by atoms with Gasteiger partial charge in [-0.15, -0.1) is 0 Å². The average Bonchev–Trinajstić information content (AvgIpc) is 2.93. The van der Waals surface area contributed by atoms with Gasteiger partial charge in [-0.2, -0.15) is 5.10 Å². The molecule has 0 unspecified atom stereocenters. The zero-order chi connectivity index (χ0) is 25.6. The van der Waals surface area contributed by atoms with E-state index < -0.39 is 0 Å². The first-order valence-electron chi connectivity index (χ1n) is 11.5. The Balaban J connectivity index is 1.37. The van der Waals surface area contributed by atoms with Crippen LogP contribution in [-0.2, 0) is 6.61 Å². The Morgan fingerprint density at radius 3 is 2.51 bits per heavy atom. The first-order chi connectivity index (χ1) is 18.1. The number of nitrogens with zero attached hydrogens (tertiary/aromatic N) is 2. The summed E-state index contributed by atoms with van der Waals surface area (Å²) in [4.78, 5) is 18.0. The number of nitrogens with one attached hydrogen (secondary N) is 1. The van der Waals surface area contributed by atoms with Gasteiger partial charge in [0.1, 0.15) is 12.4 Å².